The van der Waals surface area contributed by atoms with Gasteiger partial charge in [0.1, 0.15) is 5.67 Å². The molecule has 1 aromatic carbocycles. The number of rotatable bonds is 3. The first-order chi connectivity index (χ1) is 7.94. The maximum atomic E-state index is 13.6. The molecule has 0 aliphatic carbocycles. The van der Waals surface area contributed by atoms with Crippen LogP contribution in [-0.4, -0.2) is 10.8 Å². The molecule has 0 fully saturated rings. The van der Waals surface area contributed by atoms with E-state index >= 15 is 0 Å². The van der Waals surface area contributed by atoms with E-state index in [2.05, 4.69) is 5.16 Å². The first kappa shape index (κ1) is 11.6. The maximum Gasteiger partial charge on any atom is 0.169 e. The third-order valence-corrected chi connectivity index (χ3v) is 2.36. The summed E-state index contributed by atoms with van der Waals surface area (Å²) >= 11 is 0. The molecule has 0 saturated carbocycles. The van der Waals surface area contributed by atoms with Gasteiger partial charge in [-0.25, -0.2) is 4.39 Å². The summed E-state index contributed by atoms with van der Waals surface area (Å²) in [5.74, 6) is 0.942. The fourth-order valence-electron chi connectivity index (χ4n) is 1.74. The Morgan fingerprint density at radius 2 is 2.12 bits per heavy atom. The van der Waals surface area contributed by atoms with Gasteiger partial charge in [-0.1, -0.05) is 23.4 Å². The van der Waals surface area contributed by atoms with Crippen LogP contribution in [0.4, 0.5) is 10.2 Å². The molecule has 0 spiro atoms. The summed E-state index contributed by atoms with van der Waals surface area (Å²) in [6.45, 7) is 3.12. The van der Waals surface area contributed by atoms with E-state index in [0.29, 0.717) is 18.0 Å². The smallest absolute Gasteiger partial charge is 0.169 e. The SMILES string of the molecule is CC(C)(F)Cc1cccc(-c2cc(N)no2)c1. The maximum absolute atomic E-state index is 13.6. The van der Waals surface area contributed by atoms with E-state index in [4.69, 9.17) is 10.3 Å². The second-order valence-corrected chi connectivity index (χ2v) is 4.71. The number of nitrogens with zero attached hydrogens (tertiary/aromatic N) is 1. The van der Waals surface area contributed by atoms with Crippen LogP contribution in [0.15, 0.2) is 34.9 Å². The predicted molar refractivity (Wildman–Crippen MR) is 65.2 cm³/mol. The van der Waals surface area contributed by atoms with Gasteiger partial charge in [0.25, 0.3) is 0 Å². The number of benzene rings is 1. The van der Waals surface area contributed by atoms with Crippen LogP contribution in [0.5, 0.6) is 0 Å². The van der Waals surface area contributed by atoms with Crippen LogP contribution in [0.3, 0.4) is 0 Å². The molecule has 0 aliphatic rings. The van der Waals surface area contributed by atoms with Crippen LogP contribution in [0, 0.1) is 0 Å². The molecule has 2 rings (SSSR count). The molecule has 0 unspecified atom stereocenters. The first-order valence-corrected chi connectivity index (χ1v) is 5.44. The number of halogens is 1. The highest BCUT2D eigenvalue weighted by Gasteiger charge is 2.16. The molecule has 0 bridgehead atoms. The Kier molecular flexibility index (Phi) is 2.88. The monoisotopic (exact) mass is 234 g/mol. The van der Waals surface area contributed by atoms with Gasteiger partial charge in [0, 0.05) is 18.1 Å². The lowest BCUT2D eigenvalue weighted by Crippen LogP contribution is -2.15. The number of hydrogen-bond acceptors (Lipinski definition) is 3. The van der Waals surface area contributed by atoms with Crippen LogP contribution in [0.25, 0.3) is 11.3 Å². The Labute approximate surface area is 99.4 Å². The fraction of sp³-hybridized carbons (Fsp3) is 0.308. The lowest BCUT2D eigenvalue weighted by molar-refractivity contribution is 0.217. The number of alkyl halides is 1. The molecule has 2 N–H and O–H groups in total. The molecule has 4 heteroatoms. The van der Waals surface area contributed by atoms with Gasteiger partial charge < -0.3 is 10.3 Å². The molecule has 0 amide bonds. The third kappa shape index (κ3) is 3.06. The highest BCUT2D eigenvalue weighted by molar-refractivity contribution is 5.60. The predicted octanol–water partition coefficient (Wildman–Crippen LogP) is 3.21. The zero-order valence-electron chi connectivity index (χ0n) is 9.90. The molecular weight excluding hydrogens is 219 g/mol. The van der Waals surface area contributed by atoms with Crippen molar-refractivity contribution in [2.24, 2.45) is 0 Å². The summed E-state index contributed by atoms with van der Waals surface area (Å²) in [4.78, 5) is 0. The summed E-state index contributed by atoms with van der Waals surface area (Å²) in [6, 6.07) is 9.19. The number of anilines is 1. The average molecular weight is 234 g/mol. The van der Waals surface area contributed by atoms with Gasteiger partial charge in [-0.15, -0.1) is 0 Å². The summed E-state index contributed by atoms with van der Waals surface area (Å²) in [5.41, 5.74) is 6.05. The van der Waals surface area contributed by atoms with Crippen molar-refractivity contribution in [3.8, 4) is 11.3 Å². The van der Waals surface area contributed by atoms with Gasteiger partial charge in [-0.2, -0.15) is 0 Å². The van der Waals surface area contributed by atoms with Crippen LogP contribution in [-0.2, 0) is 6.42 Å². The molecule has 0 saturated heterocycles. The van der Waals surface area contributed by atoms with Gasteiger partial charge in [0.15, 0.2) is 11.6 Å². The first-order valence-electron chi connectivity index (χ1n) is 5.44. The van der Waals surface area contributed by atoms with Crippen LogP contribution >= 0.6 is 0 Å². The van der Waals surface area contributed by atoms with Crippen molar-refractivity contribution < 1.29 is 8.91 Å². The van der Waals surface area contributed by atoms with Crippen LogP contribution < -0.4 is 5.73 Å². The summed E-state index contributed by atoms with van der Waals surface area (Å²) < 4.78 is 18.6. The molecular formula is C13H15FN2O. The highest BCUT2D eigenvalue weighted by atomic mass is 19.1. The van der Waals surface area contributed by atoms with Gasteiger partial charge in [-0.3, -0.25) is 0 Å². The lowest BCUT2D eigenvalue weighted by atomic mass is 9.98. The number of nitrogen functional groups attached to an aromatic ring is 1. The molecule has 0 radical (unpaired) electrons. The topological polar surface area (TPSA) is 52.0 Å². The van der Waals surface area contributed by atoms with E-state index in [1.54, 1.807) is 19.9 Å². The van der Waals surface area contributed by atoms with Crippen molar-refractivity contribution in [2.75, 3.05) is 5.73 Å². The molecule has 1 aromatic heterocycles. The minimum Gasteiger partial charge on any atom is -0.381 e. The van der Waals surface area contributed by atoms with Gasteiger partial charge in [-0.05, 0) is 25.5 Å². The fourth-order valence-corrected chi connectivity index (χ4v) is 1.74. The Bertz CT molecular complexity index is 514. The average Bonchev–Trinajstić information content (AvgIpc) is 2.63. The normalized spacial score (nSPS) is 11.7. The second-order valence-electron chi connectivity index (χ2n) is 4.71. The minimum absolute atomic E-state index is 0.344. The van der Waals surface area contributed by atoms with Gasteiger partial charge in [0.2, 0.25) is 0 Å². The van der Waals surface area contributed by atoms with E-state index in [1.807, 2.05) is 24.3 Å². The summed E-state index contributed by atoms with van der Waals surface area (Å²) in [6.07, 6.45) is 0.366. The molecule has 0 aliphatic heterocycles. The number of hydrogen-bond donors (Lipinski definition) is 1. The van der Waals surface area contributed by atoms with Crippen molar-refractivity contribution in [3.63, 3.8) is 0 Å². The quantitative estimate of drug-likeness (QED) is 0.887. The number of aromatic nitrogens is 1. The zero-order valence-corrected chi connectivity index (χ0v) is 9.90. The van der Waals surface area contributed by atoms with Crippen molar-refractivity contribution >= 4 is 5.82 Å². The van der Waals surface area contributed by atoms with Crippen molar-refractivity contribution in [3.05, 3.63) is 35.9 Å². The van der Waals surface area contributed by atoms with Crippen molar-refractivity contribution in [2.45, 2.75) is 25.9 Å². The molecule has 2 aromatic rings. The largest absolute Gasteiger partial charge is 0.381 e. The second kappa shape index (κ2) is 4.20. The lowest BCUT2D eigenvalue weighted by Gasteiger charge is -2.14. The van der Waals surface area contributed by atoms with Crippen molar-refractivity contribution in [1.29, 1.82) is 0 Å². The van der Waals surface area contributed by atoms with E-state index in [9.17, 15) is 4.39 Å². The molecule has 90 valence electrons. The van der Waals surface area contributed by atoms with E-state index in [-0.39, 0.29) is 0 Å². The Morgan fingerprint density at radius 1 is 1.35 bits per heavy atom. The zero-order chi connectivity index (χ0) is 12.5. The Balaban J connectivity index is 2.29. The minimum atomic E-state index is -1.22. The molecule has 3 nitrogen and oxygen atoms in total. The van der Waals surface area contributed by atoms with Crippen LogP contribution in [0.2, 0.25) is 0 Å². The van der Waals surface area contributed by atoms with Crippen LogP contribution in [0.1, 0.15) is 19.4 Å². The molecule has 0 atom stereocenters. The van der Waals surface area contributed by atoms with Crippen molar-refractivity contribution in [1.82, 2.24) is 5.16 Å². The Hall–Kier alpha value is -1.84. The van der Waals surface area contributed by atoms with E-state index in [0.717, 1.165) is 11.1 Å². The number of nitrogens with two attached hydrogens (primary N) is 1. The summed E-state index contributed by atoms with van der Waals surface area (Å²) in [5, 5.41) is 3.63. The van der Waals surface area contributed by atoms with Gasteiger partial charge >= 0.3 is 0 Å². The highest BCUT2D eigenvalue weighted by Crippen LogP contribution is 2.24. The Morgan fingerprint density at radius 3 is 2.71 bits per heavy atom. The molecule has 17 heavy (non-hydrogen) atoms. The van der Waals surface area contributed by atoms with E-state index < -0.39 is 5.67 Å². The standard InChI is InChI=1S/C13H15FN2O/c1-13(2,14)8-9-4-3-5-10(6-9)11-7-12(15)16-17-11/h3-7H,8H2,1-2H3,(H2,15,16). The molecule has 1 heterocycles. The summed E-state index contributed by atoms with van der Waals surface area (Å²) in [7, 11) is 0. The van der Waals surface area contributed by atoms with E-state index in [1.165, 1.54) is 0 Å². The third-order valence-electron chi connectivity index (χ3n) is 2.36. The van der Waals surface area contributed by atoms with Gasteiger partial charge in [0.05, 0.1) is 0 Å².